The quantitative estimate of drug-likeness (QED) is 0.514. The minimum Gasteiger partial charge on any atom is -0.361 e. The van der Waals surface area contributed by atoms with Gasteiger partial charge in [-0.05, 0) is 41.2 Å². The molecule has 1 aromatic heterocycles. The van der Waals surface area contributed by atoms with Gasteiger partial charge in [-0.2, -0.15) is 0 Å². The van der Waals surface area contributed by atoms with Crippen LogP contribution in [0.5, 0.6) is 0 Å². The summed E-state index contributed by atoms with van der Waals surface area (Å²) in [7, 11) is -3.63. The Balaban J connectivity index is 1.44. The monoisotopic (exact) mass is 427 g/mol. The van der Waals surface area contributed by atoms with E-state index in [1.807, 2.05) is 42.6 Å². The van der Waals surface area contributed by atoms with Gasteiger partial charge in [0, 0.05) is 36.6 Å². The minimum absolute atomic E-state index is 0.0412. The van der Waals surface area contributed by atoms with Crippen molar-refractivity contribution in [1.29, 1.82) is 0 Å². The Labute approximate surface area is 178 Å². The predicted octanol–water partition coefficient (Wildman–Crippen LogP) is 3.49. The number of hydrogen-bond acceptors (Lipinski definition) is 3. The third-order valence-corrected chi connectivity index (χ3v) is 6.54. The number of nitrogens with one attached hydrogen (secondary N) is 3. The van der Waals surface area contributed by atoms with E-state index in [-0.39, 0.29) is 29.2 Å². The smallest absolute Gasteiger partial charge is 0.240 e. The molecule has 3 rings (SSSR count). The molecule has 0 aliphatic carbocycles. The molecule has 1 amide bonds. The first-order valence-corrected chi connectivity index (χ1v) is 11.6. The molecule has 0 saturated carbocycles. The van der Waals surface area contributed by atoms with E-state index in [4.69, 9.17) is 0 Å². The molecule has 7 heteroatoms. The Hall–Kier alpha value is -2.64. The van der Waals surface area contributed by atoms with Crippen LogP contribution >= 0.6 is 0 Å². The summed E-state index contributed by atoms with van der Waals surface area (Å²) in [4.78, 5) is 15.5. The third-order valence-electron chi connectivity index (χ3n) is 5.07. The van der Waals surface area contributed by atoms with Gasteiger partial charge in [-0.3, -0.25) is 4.79 Å². The van der Waals surface area contributed by atoms with E-state index in [2.05, 4.69) is 35.8 Å². The van der Waals surface area contributed by atoms with E-state index in [0.717, 1.165) is 22.0 Å². The maximum Gasteiger partial charge on any atom is 0.240 e. The lowest BCUT2D eigenvalue weighted by Gasteiger charge is -2.19. The molecule has 3 N–H and O–H groups in total. The molecule has 0 radical (unpaired) electrons. The topological polar surface area (TPSA) is 91.1 Å². The molecule has 3 aromatic rings. The zero-order valence-electron chi connectivity index (χ0n) is 17.7. The van der Waals surface area contributed by atoms with Crippen molar-refractivity contribution in [3.63, 3.8) is 0 Å². The van der Waals surface area contributed by atoms with Gasteiger partial charge in [0.25, 0.3) is 0 Å². The summed E-state index contributed by atoms with van der Waals surface area (Å²) < 4.78 is 27.3. The van der Waals surface area contributed by atoms with Crippen LogP contribution in [0.2, 0.25) is 0 Å². The standard InChI is InChI=1S/C23H29N3O3S/c1-23(2,3)18-8-10-19(11-9-18)30(28,29)26-15-13-22(27)24-14-12-17-16-25-21-7-5-4-6-20(17)21/h4-11,16,25-26H,12-15H2,1-3H3,(H,24,27). The summed E-state index contributed by atoms with van der Waals surface area (Å²) >= 11 is 0. The summed E-state index contributed by atoms with van der Waals surface area (Å²) in [5, 5.41) is 4.00. The highest BCUT2D eigenvalue weighted by atomic mass is 32.2. The first-order valence-electron chi connectivity index (χ1n) is 10.1. The third kappa shape index (κ3) is 5.49. The van der Waals surface area contributed by atoms with E-state index >= 15 is 0 Å². The van der Waals surface area contributed by atoms with Gasteiger partial charge in [-0.25, -0.2) is 13.1 Å². The average molecular weight is 428 g/mol. The fourth-order valence-corrected chi connectivity index (χ4v) is 4.31. The van der Waals surface area contributed by atoms with Crippen molar-refractivity contribution in [2.45, 2.75) is 43.9 Å². The molecular formula is C23H29N3O3S. The second-order valence-electron chi connectivity index (χ2n) is 8.38. The highest BCUT2D eigenvalue weighted by Crippen LogP contribution is 2.23. The highest BCUT2D eigenvalue weighted by Gasteiger charge is 2.17. The van der Waals surface area contributed by atoms with Crippen molar-refractivity contribution < 1.29 is 13.2 Å². The fraction of sp³-hybridized carbons (Fsp3) is 0.348. The lowest BCUT2D eigenvalue weighted by molar-refractivity contribution is -0.120. The Kier molecular flexibility index (Phi) is 6.63. The molecule has 1 heterocycles. The first kappa shape index (κ1) is 22.1. The molecule has 0 atom stereocenters. The van der Waals surface area contributed by atoms with Crippen molar-refractivity contribution in [2.75, 3.05) is 13.1 Å². The number of sulfonamides is 1. The molecular weight excluding hydrogens is 398 g/mol. The molecule has 2 aromatic carbocycles. The molecule has 0 saturated heterocycles. The van der Waals surface area contributed by atoms with Gasteiger partial charge in [-0.15, -0.1) is 0 Å². The summed E-state index contributed by atoms with van der Waals surface area (Å²) in [6.07, 6.45) is 2.75. The highest BCUT2D eigenvalue weighted by molar-refractivity contribution is 7.89. The molecule has 0 aliphatic rings. The van der Waals surface area contributed by atoms with Crippen LogP contribution in [0.15, 0.2) is 59.6 Å². The normalized spacial score (nSPS) is 12.2. The SMILES string of the molecule is CC(C)(C)c1ccc(S(=O)(=O)NCCC(=O)NCCc2c[nH]c3ccccc23)cc1. The van der Waals surface area contributed by atoms with E-state index in [0.29, 0.717) is 13.0 Å². The van der Waals surface area contributed by atoms with E-state index < -0.39 is 10.0 Å². The second kappa shape index (κ2) is 9.02. The van der Waals surface area contributed by atoms with Gasteiger partial charge >= 0.3 is 0 Å². The van der Waals surface area contributed by atoms with Crippen molar-refractivity contribution in [1.82, 2.24) is 15.0 Å². The van der Waals surface area contributed by atoms with Crippen LogP contribution < -0.4 is 10.0 Å². The zero-order valence-corrected chi connectivity index (χ0v) is 18.5. The van der Waals surface area contributed by atoms with E-state index in [1.54, 1.807) is 12.1 Å². The van der Waals surface area contributed by atoms with Crippen LogP contribution in [-0.4, -0.2) is 32.4 Å². The number of carbonyl (C=O) groups excluding carboxylic acids is 1. The molecule has 0 spiro atoms. The Morgan fingerprint density at radius 1 is 1.00 bits per heavy atom. The number of H-pyrrole nitrogens is 1. The van der Waals surface area contributed by atoms with Gasteiger partial charge in [0.15, 0.2) is 0 Å². The van der Waals surface area contributed by atoms with Gasteiger partial charge in [0.1, 0.15) is 0 Å². The minimum atomic E-state index is -3.63. The Bertz CT molecular complexity index is 1110. The number of rotatable bonds is 8. The first-order chi connectivity index (χ1) is 14.2. The van der Waals surface area contributed by atoms with E-state index in [1.165, 1.54) is 0 Å². The van der Waals surface area contributed by atoms with Crippen LogP contribution in [0.4, 0.5) is 0 Å². The maximum absolute atomic E-state index is 12.4. The molecule has 0 bridgehead atoms. The van der Waals surface area contributed by atoms with Gasteiger partial charge in [-0.1, -0.05) is 51.1 Å². The number of aromatic nitrogens is 1. The van der Waals surface area contributed by atoms with Crippen molar-refractivity contribution >= 4 is 26.8 Å². The Morgan fingerprint density at radius 2 is 1.70 bits per heavy atom. The number of hydrogen-bond donors (Lipinski definition) is 3. The summed E-state index contributed by atoms with van der Waals surface area (Å²) in [6.45, 7) is 6.79. The predicted molar refractivity (Wildman–Crippen MR) is 120 cm³/mol. The van der Waals surface area contributed by atoms with Crippen LogP contribution in [0.1, 0.15) is 38.3 Å². The molecule has 0 unspecified atom stereocenters. The van der Waals surface area contributed by atoms with Crippen molar-refractivity contribution in [3.05, 3.63) is 65.9 Å². The zero-order chi connectivity index (χ0) is 21.8. The van der Waals surface area contributed by atoms with Gasteiger partial charge < -0.3 is 10.3 Å². The lowest BCUT2D eigenvalue weighted by Crippen LogP contribution is -2.31. The maximum atomic E-state index is 12.4. The van der Waals surface area contributed by atoms with Crippen LogP contribution in [0.25, 0.3) is 10.9 Å². The van der Waals surface area contributed by atoms with Crippen LogP contribution in [0, 0.1) is 0 Å². The molecule has 160 valence electrons. The van der Waals surface area contributed by atoms with Crippen molar-refractivity contribution in [3.8, 4) is 0 Å². The number of aromatic amines is 1. The molecule has 30 heavy (non-hydrogen) atoms. The number of carbonyl (C=O) groups is 1. The van der Waals surface area contributed by atoms with Crippen LogP contribution in [-0.2, 0) is 26.7 Å². The fourth-order valence-electron chi connectivity index (χ4n) is 3.28. The van der Waals surface area contributed by atoms with Gasteiger partial charge in [0.05, 0.1) is 4.90 Å². The molecule has 0 fully saturated rings. The number of amides is 1. The van der Waals surface area contributed by atoms with Gasteiger partial charge in [0.2, 0.25) is 15.9 Å². The lowest BCUT2D eigenvalue weighted by atomic mass is 9.87. The molecule has 0 aliphatic heterocycles. The summed E-state index contributed by atoms with van der Waals surface area (Å²) in [5.41, 5.74) is 3.24. The average Bonchev–Trinajstić information content (AvgIpc) is 3.10. The molecule has 6 nitrogen and oxygen atoms in total. The van der Waals surface area contributed by atoms with E-state index in [9.17, 15) is 13.2 Å². The largest absolute Gasteiger partial charge is 0.361 e. The number of para-hydroxylation sites is 1. The van der Waals surface area contributed by atoms with Crippen molar-refractivity contribution in [2.24, 2.45) is 0 Å². The number of benzene rings is 2. The summed E-state index contributed by atoms with van der Waals surface area (Å²) in [5.74, 6) is -0.180. The second-order valence-corrected chi connectivity index (χ2v) is 10.1. The summed E-state index contributed by atoms with van der Waals surface area (Å²) in [6, 6.07) is 14.9. The van der Waals surface area contributed by atoms with Crippen LogP contribution in [0.3, 0.4) is 0 Å². The Morgan fingerprint density at radius 3 is 2.40 bits per heavy atom. The number of fused-ring (bicyclic) bond motifs is 1.